The zero-order valence-corrected chi connectivity index (χ0v) is 16.2. The Labute approximate surface area is 164 Å². The van der Waals surface area contributed by atoms with E-state index in [4.69, 9.17) is 0 Å². The van der Waals surface area contributed by atoms with Crippen molar-refractivity contribution in [3.05, 3.63) is 69.3 Å². The fourth-order valence-electron chi connectivity index (χ4n) is 3.45. The summed E-state index contributed by atoms with van der Waals surface area (Å²) < 4.78 is 3.65. The lowest BCUT2D eigenvalue weighted by Crippen LogP contribution is -2.50. The van der Waals surface area contributed by atoms with Crippen LogP contribution in [0.2, 0.25) is 0 Å². The lowest BCUT2D eigenvalue weighted by Gasteiger charge is -2.38. The van der Waals surface area contributed by atoms with Gasteiger partial charge in [0.1, 0.15) is 0 Å². The molecule has 3 heterocycles. The Balaban J connectivity index is 1.46. The zero-order valence-electron chi connectivity index (χ0n) is 14.6. The minimum Gasteiger partial charge on any atom is -0.388 e. The highest BCUT2D eigenvalue weighted by Crippen LogP contribution is 2.25. The first-order valence-corrected chi connectivity index (χ1v) is 9.55. The van der Waals surface area contributed by atoms with Gasteiger partial charge in [-0.3, -0.25) is 9.20 Å². The van der Waals surface area contributed by atoms with Gasteiger partial charge >= 0.3 is 5.69 Å². The molecule has 1 aliphatic rings. The highest BCUT2D eigenvalue weighted by Gasteiger charge is 2.35. The molecule has 27 heavy (non-hydrogen) atoms. The molecule has 1 saturated heterocycles. The third kappa shape index (κ3) is 3.54. The van der Waals surface area contributed by atoms with E-state index < -0.39 is 5.60 Å². The number of carbonyl (C=O) groups excluding carboxylic acids is 1. The van der Waals surface area contributed by atoms with Gasteiger partial charge in [-0.2, -0.15) is 5.10 Å². The predicted molar refractivity (Wildman–Crippen MR) is 104 cm³/mol. The molecule has 8 heteroatoms. The molecule has 0 bridgehead atoms. The molecule has 1 aliphatic heterocycles. The number of carbonyl (C=O) groups is 1. The molecular weight excluding hydrogens is 412 g/mol. The maximum Gasteiger partial charge on any atom is 0.349 e. The molecule has 4 rings (SSSR count). The van der Waals surface area contributed by atoms with Crippen LogP contribution in [-0.2, 0) is 6.54 Å². The van der Waals surface area contributed by atoms with Crippen molar-refractivity contribution in [1.29, 1.82) is 0 Å². The zero-order chi connectivity index (χ0) is 19.0. The third-order valence-electron chi connectivity index (χ3n) is 5.03. The van der Waals surface area contributed by atoms with Crippen LogP contribution in [0.15, 0.2) is 58.1 Å². The maximum atomic E-state index is 12.6. The van der Waals surface area contributed by atoms with Gasteiger partial charge in [0, 0.05) is 29.3 Å². The van der Waals surface area contributed by atoms with Gasteiger partial charge < -0.3 is 10.0 Å². The fourth-order valence-corrected chi connectivity index (χ4v) is 3.85. The SMILES string of the molecule is O=C(c1cccc(Br)c1)N1CCC(O)(Cn2ncc3cccn3c2=O)CC1. The van der Waals surface area contributed by atoms with Crippen LogP contribution in [0.1, 0.15) is 23.2 Å². The molecule has 7 nitrogen and oxygen atoms in total. The fraction of sp³-hybridized carbons (Fsp3) is 0.316. The van der Waals surface area contributed by atoms with E-state index in [-0.39, 0.29) is 18.1 Å². The second-order valence-electron chi connectivity index (χ2n) is 6.91. The first-order valence-electron chi connectivity index (χ1n) is 8.76. The van der Waals surface area contributed by atoms with E-state index >= 15 is 0 Å². The Morgan fingerprint density at radius 2 is 2.00 bits per heavy atom. The van der Waals surface area contributed by atoms with Crippen LogP contribution in [-0.4, -0.2) is 48.8 Å². The Bertz CT molecular complexity index is 1050. The van der Waals surface area contributed by atoms with E-state index in [0.29, 0.717) is 31.5 Å². The number of halogens is 1. The highest BCUT2D eigenvalue weighted by atomic mass is 79.9. The first-order chi connectivity index (χ1) is 13.0. The molecule has 1 amide bonds. The maximum absolute atomic E-state index is 12.6. The third-order valence-corrected chi connectivity index (χ3v) is 5.53. The highest BCUT2D eigenvalue weighted by molar-refractivity contribution is 9.10. The van der Waals surface area contributed by atoms with E-state index in [1.807, 2.05) is 12.1 Å². The largest absolute Gasteiger partial charge is 0.388 e. The molecule has 0 radical (unpaired) electrons. The van der Waals surface area contributed by atoms with Crippen LogP contribution < -0.4 is 5.69 Å². The summed E-state index contributed by atoms with van der Waals surface area (Å²) in [4.78, 5) is 26.9. The van der Waals surface area contributed by atoms with Crippen molar-refractivity contribution < 1.29 is 9.90 Å². The summed E-state index contributed by atoms with van der Waals surface area (Å²) in [5, 5.41) is 15.1. The lowest BCUT2D eigenvalue weighted by molar-refractivity contribution is -0.0327. The summed E-state index contributed by atoms with van der Waals surface area (Å²) in [5.74, 6) is -0.0533. The summed E-state index contributed by atoms with van der Waals surface area (Å²) in [6.45, 7) is 0.976. The van der Waals surface area contributed by atoms with E-state index in [1.54, 1.807) is 41.6 Å². The summed E-state index contributed by atoms with van der Waals surface area (Å²) >= 11 is 3.38. The van der Waals surface area contributed by atoms with Crippen molar-refractivity contribution in [2.75, 3.05) is 13.1 Å². The average molecular weight is 431 g/mol. The van der Waals surface area contributed by atoms with Crippen LogP contribution in [0, 0.1) is 0 Å². The van der Waals surface area contributed by atoms with Gasteiger partial charge in [0.25, 0.3) is 5.91 Å². The molecule has 3 aromatic rings. The molecule has 0 aliphatic carbocycles. The molecule has 0 saturated carbocycles. The number of likely N-dealkylation sites (tertiary alicyclic amines) is 1. The smallest absolute Gasteiger partial charge is 0.349 e. The Hall–Kier alpha value is -2.45. The van der Waals surface area contributed by atoms with Crippen molar-refractivity contribution in [3.63, 3.8) is 0 Å². The summed E-state index contributed by atoms with van der Waals surface area (Å²) in [5.41, 5.74) is -0.00637. The van der Waals surface area contributed by atoms with Crippen molar-refractivity contribution >= 4 is 27.4 Å². The van der Waals surface area contributed by atoms with Crippen molar-refractivity contribution in [1.82, 2.24) is 19.1 Å². The average Bonchev–Trinajstić information content (AvgIpc) is 3.14. The van der Waals surface area contributed by atoms with Crippen molar-refractivity contribution in [2.45, 2.75) is 25.0 Å². The van der Waals surface area contributed by atoms with E-state index in [0.717, 1.165) is 9.99 Å². The number of fused-ring (bicyclic) bond motifs is 1. The van der Waals surface area contributed by atoms with Crippen molar-refractivity contribution in [3.8, 4) is 0 Å². The van der Waals surface area contributed by atoms with Gasteiger partial charge in [-0.15, -0.1) is 0 Å². The molecule has 0 atom stereocenters. The van der Waals surface area contributed by atoms with Crippen molar-refractivity contribution in [2.24, 2.45) is 0 Å². The monoisotopic (exact) mass is 430 g/mol. The standard InChI is InChI=1S/C19H19BrN4O3/c20-15-4-1-3-14(11-15)17(25)22-9-6-19(27,7-10-22)13-24-18(26)23-8-2-5-16(23)12-21-24/h1-5,8,11-12,27H,6-7,9-10,13H2. The van der Waals surface area contributed by atoms with Gasteiger partial charge in [0.2, 0.25) is 0 Å². The second kappa shape index (κ2) is 6.94. The van der Waals surface area contributed by atoms with E-state index in [1.165, 1.54) is 9.08 Å². The van der Waals surface area contributed by atoms with E-state index in [9.17, 15) is 14.7 Å². The Morgan fingerprint density at radius 3 is 2.74 bits per heavy atom. The molecule has 140 valence electrons. The lowest BCUT2D eigenvalue weighted by atomic mass is 9.91. The molecule has 1 N–H and O–H groups in total. The van der Waals surface area contributed by atoms with Crippen LogP contribution in [0.5, 0.6) is 0 Å². The minimum absolute atomic E-state index is 0.0533. The topological polar surface area (TPSA) is 79.8 Å². The van der Waals surface area contributed by atoms with Crippen LogP contribution >= 0.6 is 15.9 Å². The number of hydrogen-bond donors (Lipinski definition) is 1. The summed E-state index contributed by atoms with van der Waals surface area (Å²) in [6.07, 6.45) is 4.07. The molecule has 0 unspecified atom stereocenters. The number of hydrogen-bond acceptors (Lipinski definition) is 4. The van der Waals surface area contributed by atoms with Gasteiger partial charge in [0.15, 0.2) is 0 Å². The number of piperidine rings is 1. The number of aromatic nitrogens is 3. The molecule has 0 spiro atoms. The normalized spacial score (nSPS) is 16.6. The van der Waals surface area contributed by atoms with Gasteiger partial charge in [0.05, 0.1) is 23.9 Å². The Morgan fingerprint density at radius 1 is 1.22 bits per heavy atom. The summed E-state index contributed by atoms with van der Waals surface area (Å²) in [6, 6.07) is 10.9. The first kappa shape index (κ1) is 17.9. The van der Waals surface area contributed by atoms with Crippen LogP contribution in [0.25, 0.3) is 5.52 Å². The quantitative estimate of drug-likeness (QED) is 0.688. The minimum atomic E-state index is -1.06. The number of aliphatic hydroxyl groups is 1. The molecule has 2 aromatic heterocycles. The molecule has 1 aromatic carbocycles. The van der Waals surface area contributed by atoms with Crippen LogP contribution in [0.4, 0.5) is 0 Å². The van der Waals surface area contributed by atoms with Gasteiger partial charge in [-0.05, 0) is 43.2 Å². The number of rotatable bonds is 3. The number of amides is 1. The van der Waals surface area contributed by atoms with E-state index in [2.05, 4.69) is 21.0 Å². The van der Waals surface area contributed by atoms with Gasteiger partial charge in [-0.25, -0.2) is 9.48 Å². The molecular formula is C19H19BrN4O3. The summed E-state index contributed by atoms with van der Waals surface area (Å²) in [7, 11) is 0. The van der Waals surface area contributed by atoms with Crippen LogP contribution in [0.3, 0.4) is 0 Å². The van der Waals surface area contributed by atoms with Gasteiger partial charge in [-0.1, -0.05) is 22.0 Å². The molecule has 1 fully saturated rings. The second-order valence-corrected chi connectivity index (χ2v) is 7.83. The predicted octanol–water partition coefficient (Wildman–Crippen LogP) is 1.93. The number of benzene rings is 1. The Kier molecular flexibility index (Phi) is 4.61. The number of nitrogens with zero attached hydrogens (tertiary/aromatic N) is 4.